The number of carbonyl (C=O) groups excluding carboxylic acids is 2. The molecular formula is C28H34F3N3O6S. The molecule has 0 aromatic heterocycles. The third kappa shape index (κ3) is 7.99. The first-order chi connectivity index (χ1) is 19.1. The number of amides is 2. The Morgan fingerprint density at radius 3 is 2.07 bits per heavy atom. The molecule has 2 aliphatic rings. The Bertz CT molecular complexity index is 1380. The molecule has 13 heteroatoms. The summed E-state index contributed by atoms with van der Waals surface area (Å²) >= 11 is 0. The van der Waals surface area contributed by atoms with E-state index in [2.05, 4.69) is 10.0 Å². The Morgan fingerprint density at radius 2 is 1.61 bits per heavy atom. The van der Waals surface area contributed by atoms with Crippen LogP contribution in [0, 0.1) is 20.8 Å². The second kappa shape index (κ2) is 12.5. The molecule has 0 radical (unpaired) electrons. The summed E-state index contributed by atoms with van der Waals surface area (Å²) in [4.78, 5) is 35.6. The zero-order chi connectivity index (χ0) is 30.6. The highest BCUT2D eigenvalue weighted by molar-refractivity contribution is 7.92. The number of hydrogen-bond acceptors (Lipinski definition) is 5. The lowest BCUT2D eigenvalue weighted by Gasteiger charge is -2.19. The van der Waals surface area contributed by atoms with Crippen LogP contribution in [0.25, 0.3) is 0 Å². The van der Waals surface area contributed by atoms with E-state index in [1.165, 1.54) is 0 Å². The van der Waals surface area contributed by atoms with E-state index >= 15 is 0 Å². The predicted molar refractivity (Wildman–Crippen MR) is 146 cm³/mol. The average Bonchev–Trinajstić information content (AvgIpc) is 3.57. The molecule has 9 nitrogen and oxygen atoms in total. The van der Waals surface area contributed by atoms with Gasteiger partial charge < -0.3 is 15.3 Å². The van der Waals surface area contributed by atoms with Gasteiger partial charge in [0.2, 0.25) is 11.8 Å². The molecule has 2 aromatic carbocycles. The fourth-order valence-electron chi connectivity index (χ4n) is 5.01. The normalized spacial score (nSPS) is 16.0. The van der Waals surface area contributed by atoms with Crippen molar-refractivity contribution in [2.45, 2.75) is 69.4 Å². The van der Waals surface area contributed by atoms with Gasteiger partial charge in [0.25, 0.3) is 10.0 Å². The van der Waals surface area contributed by atoms with Gasteiger partial charge in [-0.05, 0) is 75.3 Å². The van der Waals surface area contributed by atoms with E-state index in [-0.39, 0.29) is 11.8 Å². The molecule has 1 saturated carbocycles. The minimum atomic E-state index is -5.08. The van der Waals surface area contributed by atoms with Crippen LogP contribution in [0.15, 0.2) is 41.3 Å². The molecule has 0 unspecified atom stereocenters. The highest BCUT2D eigenvalue weighted by atomic mass is 32.2. The van der Waals surface area contributed by atoms with E-state index in [4.69, 9.17) is 9.90 Å². The molecule has 1 heterocycles. The smallest absolute Gasteiger partial charge is 0.475 e. The van der Waals surface area contributed by atoms with Gasteiger partial charge in [-0.25, -0.2) is 13.2 Å². The number of hydrogen-bond donors (Lipinski definition) is 3. The lowest BCUT2D eigenvalue weighted by atomic mass is 9.95. The minimum absolute atomic E-state index is 0.000478. The van der Waals surface area contributed by atoms with E-state index in [0.717, 1.165) is 43.4 Å². The molecule has 0 bridgehead atoms. The van der Waals surface area contributed by atoms with Crippen LogP contribution in [-0.2, 0) is 29.8 Å². The highest BCUT2D eigenvalue weighted by Gasteiger charge is 2.51. The standard InChI is InChI=1S/C26H33N3O4S.C2HF3O2/c1-18-16-19(2)24(20(3)17-18)34(32,33)28-22-9-7-21(8-10-22)26(11-12-26)25(31)27-13-5-15-29-14-4-6-23(29)30;3-2(4,5)1(6)7/h7-10,16-17,28H,4-6,11-15H2,1-3H3,(H,27,31);(H,6,7). The zero-order valence-corrected chi connectivity index (χ0v) is 23.9. The number of alkyl halides is 3. The van der Waals surface area contributed by atoms with Gasteiger partial charge in [-0.3, -0.25) is 14.3 Å². The van der Waals surface area contributed by atoms with Crippen LogP contribution in [0.2, 0.25) is 0 Å². The predicted octanol–water partition coefficient (Wildman–Crippen LogP) is 4.21. The number of rotatable bonds is 9. The molecule has 1 aliphatic carbocycles. The summed E-state index contributed by atoms with van der Waals surface area (Å²) in [5, 5.41) is 10.2. The number of carboxylic acid groups (broad SMARTS) is 1. The number of benzene rings is 2. The molecule has 224 valence electrons. The van der Waals surface area contributed by atoms with Crippen molar-refractivity contribution in [2.24, 2.45) is 0 Å². The first-order valence-electron chi connectivity index (χ1n) is 13.1. The summed E-state index contributed by atoms with van der Waals surface area (Å²) < 4.78 is 60.5. The molecule has 3 N–H and O–H groups in total. The van der Waals surface area contributed by atoms with E-state index in [1.54, 1.807) is 26.0 Å². The van der Waals surface area contributed by atoms with Crippen LogP contribution in [0.1, 0.15) is 54.4 Å². The van der Waals surface area contributed by atoms with Crippen molar-refractivity contribution in [3.63, 3.8) is 0 Å². The monoisotopic (exact) mass is 597 g/mol. The summed E-state index contributed by atoms with van der Waals surface area (Å²) in [6.07, 6.45) is -1.24. The Balaban J connectivity index is 0.000000587. The summed E-state index contributed by atoms with van der Waals surface area (Å²) in [5.74, 6) is -2.56. The Hall–Kier alpha value is -3.61. The van der Waals surface area contributed by atoms with Crippen LogP contribution in [0.5, 0.6) is 0 Å². The van der Waals surface area contributed by atoms with Crippen molar-refractivity contribution in [2.75, 3.05) is 24.4 Å². The van der Waals surface area contributed by atoms with Crippen LogP contribution in [0.4, 0.5) is 18.9 Å². The van der Waals surface area contributed by atoms with Gasteiger partial charge in [0.1, 0.15) is 0 Å². The first-order valence-corrected chi connectivity index (χ1v) is 14.6. The number of nitrogens with one attached hydrogen (secondary N) is 2. The molecular weight excluding hydrogens is 563 g/mol. The lowest BCUT2D eigenvalue weighted by Crippen LogP contribution is -2.36. The number of sulfonamides is 1. The number of carboxylic acids is 1. The van der Waals surface area contributed by atoms with Crippen molar-refractivity contribution in [1.29, 1.82) is 0 Å². The van der Waals surface area contributed by atoms with Crippen LogP contribution in [0.3, 0.4) is 0 Å². The van der Waals surface area contributed by atoms with E-state index in [1.807, 2.05) is 36.1 Å². The molecule has 2 aromatic rings. The number of aryl methyl sites for hydroxylation is 3. The summed E-state index contributed by atoms with van der Waals surface area (Å²) in [6, 6.07) is 10.8. The van der Waals surface area contributed by atoms with Crippen molar-refractivity contribution in [1.82, 2.24) is 10.2 Å². The van der Waals surface area contributed by atoms with E-state index < -0.39 is 27.6 Å². The van der Waals surface area contributed by atoms with Gasteiger partial charge in [0.05, 0.1) is 10.3 Å². The number of nitrogens with zero attached hydrogens (tertiary/aromatic N) is 1. The topological polar surface area (TPSA) is 133 Å². The number of carbonyl (C=O) groups is 3. The van der Waals surface area contributed by atoms with Crippen molar-refractivity contribution >= 4 is 33.5 Å². The Morgan fingerprint density at radius 1 is 1.05 bits per heavy atom. The molecule has 0 atom stereocenters. The fourth-order valence-corrected chi connectivity index (χ4v) is 6.52. The largest absolute Gasteiger partial charge is 0.490 e. The highest BCUT2D eigenvalue weighted by Crippen LogP contribution is 2.48. The SMILES string of the molecule is Cc1cc(C)c(S(=O)(=O)Nc2ccc(C3(C(=O)NCCCN4CCCC4=O)CC3)cc2)c(C)c1.O=C(O)C(F)(F)F. The molecule has 1 aliphatic heterocycles. The van der Waals surface area contributed by atoms with Gasteiger partial charge >= 0.3 is 12.1 Å². The minimum Gasteiger partial charge on any atom is -0.475 e. The third-order valence-corrected chi connectivity index (χ3v) is 8.74. The molecule has 0 spiro atoms. The quantitative estimate of drug-likeness (QED) is 0.371. The summed E-state index contributed by atoms with van der Waals surface area (Å²) in [6.45, 7) is 7.58. The van der Waals surface area contributed by atoms with Crippen LogP contribution >= 0.6 is 0 Å². The number of aliphatic carboxylic acids is 1. The van der Waals surface area contributed by atoms with Crippen LogP contribution < -0.4 is 10.0 Å². The van der Waals surface area contributed by atoms with Gasteiger partial charge in [0, 0.05) is 31.7 Å². The van der Waals surface area contributed by atoms with E-state index in [9.17, 15) is 31.2 Å². The lowest BCUT2D eigenvalue weighted by molar-refractivity contribution is -0.192. The second-order valence-corrected chi connectivity index (χ2v) is 12.0. The van der Waals surface area contributed by atoms with Gasteiger partial charge in [-0.15, -0.1) is 0 Å². The van der Waals surface area contributed by atoms with Crippen molar-refractivity contribution in [3.05, 3.63) is 58.7 Å². The third-order valence-electron chi connectivity index (χ3n) is 7.05. The Labute approximate surface area is 237 Å². The number of halogens is 3. The maximum absolute atomic E-state index is 13.0. The number of anilines is 1. The van der Waals surface area contributed by atoms with Crippen molar-refractivity contribution < 1.29 is 41.1 Å². The zero-order valence-electron chi connectivity index (χ0n) is 23.1. The number of likely N-dealkylation sites (tertiary alicyclic amines) is 1. The van der Waals surface area contributed by atoms with E-state index in [0.29, 0.717) is 41.2 Å². The summed E-state index contributed by atoms with van der Waals surface area (Å²) in [7, 11) is -3.72. The van der Waals surface area contributed by atoms with Crippen molar-refractivity contribution in [3.8, 4) is 0 Å². The maximum atomic E-state index is 13.0. The maximum Gasteiger partial charge on any atom is 0.490 e. The average molecular weight is 598 g/mol. The molecule has 4 rings (SSSR count). The first kappa shape index (κ1) is 31.9. The van der Waals surface area contributed by atoms with Gasteiger partial charge in [-0.2, -0.15) is 13.2 Å². The second-order valence-electron chi connectivity index (χ2n) is 10.4. The Kier molecular flexibility index (Phi) is 9.73. The van der Waals surface area contributed by atoms with Gasteiger partial charge in [-0.1, -0.05) is 29.8 Å². The fraction of sp³-hybridized carbons (Fsp3) is 0.464. The molecule has 2 amide bonds. The molecule has 2 fully saturated rings. The molecule has 1 saturated heterocycles. The summed E-state index contributed by atoms with van der Waals surface area (Å²) in [5.41, 5.74) is 3.27. The molecule has 41 heavy (non-hydrogen) atoms. The van der Waals surface area contributed by atoms with Gasteiger partial charge in [0.15, 0.2) is 0 Å². The van der Waals surface area contributed by atoms with Crippen LogP contribution in [-0.4, -0.2) is 62.0 Å².